The van der Waals surface area contributed by atoms with Crippen molar-refractivity contribution in [3.05, 3.63) is 90.0 Å². The van der Waals surface area contributed by atoms with E-state index < -0.39 is 0 Å². The molecule has 2 amide bonds. The van der Waals surface area contributed by atoms with Gasteiger partial charge < -0.3 is 15.5 Å². The molecule has 2 N–H and O–H groups in total. The van der Waals surface area contributed by atoms with E-state index in [0.717, 1.165) is 28.2 Å². The number of hydrogen-bond acceptors (Lipinski definition) is 2. The predicted octanol–water partition coefficient (Wildman–Crippen LogP) is 4.68. The summed E-state index contributed by atoms with van der Waals surface area (Å²) in [6.07, 6.45) is 0. The highest BCUT2D eigenvalue weighted by molar-refractivity contribution is 5.90. The molecule has 0 fully saturated rings. The zero-order valence-corrected chi connectivity index (χ0v) is 13.9. The van der Waals surface area contributed by atoms with Crippen molar-refractivity contribution >= 4 is 23.1 Å². The molecular weight excluding hydrogens is 310 g/mol. The molecule has 0 saturated carbocycles. The van der Waals surface area contributed by atoms with E-state index in [2.05, 4.69) is 46.8 Å². The number of carbonyl (C=O) groups is 1. The van der Waals surface area contributed by atoms with Gasteiger partial charge in [-0.1, -0.05) is 54.6 Å². The number of para-hydroxylation sites is 3. The minimum Gasteiger partial charge on any atom is -0.344 e. The third kappa shape index (κ3) is 2.83. The molecule has 25 heavy (non-hydrogen) atoms. The molecule has 3 aromatic carbocycles. The number of amides is 2. The Hall–Kier alpha value is -3.27. The first-order valence-corrected chi connectivity index (χ1v) is 8.28. The third-order valence-electron chi connectivity index (χ3n) is 4.53. The number of rotatable bonds is 2. The van der Waals surface area contributed by atoms with Crippen LogP contribution in [0.5, 0.6) is 0 Å². The quantitative estimate of drug-likeness (QED) is 0.717. The van der Waals surface area contributed by atoms with Crippen molar-refractivity contribution in [1.29, 1.82) is 0 Å². The van der Waals surface area contributed by atoms with Gasteiger partial charge in [-0.25, -0.2) is 4.79 Å². The summed E-state index contributed by atoms with van der Waals surface area (Å²) in [5, 5.41) is 6.02. The summed E-state index contributed by atoms with van der Waals surface area (Å²) in [6, 6.07) is 25.4. The van der Waals surface area contributed by atoms with Crippen LogP contribution in [0.15, 0.2) is 78.9 Å². The summed E-state index contributed by atoms with van der Waals surface area (Å²) in [6.45, 7) is 0. The molecule has 0 bridgehead atoms. The molecule has 4 rings (SSSR count). The number of carbonyl (C=O) groups excluding carboxylic acids is 1. The Balaban J connectivity index is 1.67. The maximum absolute atomic E-state index is 12.5. The van der Waals surface area contributed by atoms with E-state index in [1.807, 2.05) is 54.6 Å². The van der Waals surface area contributed by atoms with Gasteiger partial charge in [-0.2, -0.15) is 0 Å². The summed E-state index contributed by atoms with van der Waals surface area (Å²) in [4.78, 5) is 14.7. The molecule has 1 aliphatic heterocycles. The van der Waals surface area contributed by atoms with E-state index in [9.17, 15) is 4.79 Å². The Labute approximate surface area is 147 Å². The summed E-state index contributed by atoms with van der Waals surface area (Å²) < 4.78 is 0. The fraction of sp³-hybridized carbons (Fsp3) is 0.0952. The zero-order valence-electron chi connectivity index (χ0n) is 13.9. The van der Waals surface area contributed by atoms with Crippen LogP contribution in [0.4, 0.5) is 21.9 Å². The van der Waals surface area contributed by atoms with Gasteiger partial charge in [0.1, 0.15) is 0 Å². The van der Waals surface area contributed by atoms with Gasteiger partial charge in [0.2, 0.25) is 0 Å². The number of nitrogens with one attached hydrogen (secondary N) is 2. The van der Waals surface area contributed by atoms with Crippen molar-refractivity contribution < 1.29 is 4.79 Å². The first-order valence-electron chi connectivity index (χ1n) is 8.28. The lowest BCUT2D eigenvalue weighted by molar-refractivity contribution is 0.250. The molecule has 0 unspecified atom stereocenters. The molecule has 0 aliphatic carbocycles. The smallest absolute Gasteiger partial charge is 0.319 e. The lowest BCUT2D eigenvalue weighted by Crippen LogP contribution is -2.36. The fourth-order valence-corrected chi connectivity index (χ4v) is 3.35. The highest BCUT2D eigenvalue weighted by Gasteiger charge is 2.29. The van der Waals surface area contributed by atoms with E-state index in [1.54, 1.807) is 0 Å². The van der Waals surface area contributed by atoms with Crippen molar-refractivity contribution in [3.8, 4) is 0 Å². The molecule has 0 spiro atoms. The zero-order chi connectivity index (χ0) is 17.2. The molecule has 1 heterocycles. The van der Waals surface area contributed by atoms with Crippen molar-refractivity contribution in [1.82, 2.24) is 5.32 Å². The topological polar surface area (TPSA) is 44.4 Å². The van der Waals surface area contributed by atoms with Crippen LogP contribution in [0.3, 0.4) is 0 Å². The van der Waals surface area contributed by atoms with E-state index in [-0.39, 0.29) is 12.1 Å². The van der Waals surface area contributed by atoms with Crippen LogP contribution in [-0.4, -0.2) is 13.1 Å². The van der Waals surface area contributed by atoms with E-state index >= 15 is 0 Å². The molecule has 1 aliphatic rings. The van der Waals surface area contributed by atoms with E-state index in [4.69, 9.17) is 0 Å². The highest BCUT2D eigenvalue weighted by Crippen LogP contribution is 2.43. The Kier molecular flexibility index (Phi) is 3.86. The largest absolute Gasteiger partial charge is 0.344 e. The molecule has 124 valence electrons. The van der Waals surface area contributed by atoms with Gasteiger partial charge in [-0.05, 0) is 24.3 Å². The Morgan fingerprint density at radius 2 is 1.32 bits per heavy atom. The van der Waals surface area contributed by atoms with Crippen LogP contribution in [0.1, 0.15) is 17.2 Å². The molecule has 0 aromatic heterocycles. The lowest BCUT2D eigenvalue weighted by atomic mass is 9.91. The van der Waals surface area contributed by atoms with E-state index in [0.29, 0.717) is 0 Å². The second-order valence-electron chi connectivity index (χ2n) is 6.07. The Morgan fingerprint density at radius 1 is 0.800 bits per heavy atom. The SMILES string of the molecule is CN1c2ccccc2C(NC(=O)Nc2ccccc2)c2ccccc21. The third-order valence-corrected chi connectivity index (χ3v) is 4.53. The summed E-state index contributed by atoms with van der Waals surface area (Å²) in [5.41, 5.74) is 5.16. The number of benzene rings is 3. The first kappa shape index (κ1) is 15.3. The average molecular weight is 329 g/mol. The van der Waals surface area contributed by atoms with Gasteiger partial charge in [0.15, 0.2) is 0 Å². The van der Waals surface area contributed by atoms with Crippen LogP contribution in [0, 0.1) is 0 Å². The predicted molar refractivity (Wildman–Crippen MR) is 101 cm³/mol. The number of hydrogen-bond donors (Lipinski definition) is 2. The number of urea groups is 1. The van der Waals surface area contributed by atoms with Crippen LogP contribution < -0.4 is 15.5 Å². The van der Waals surface area contributed by atoms with Gasteiger partial charge in [-0.15, -0.1) is 0 Å². The minimum absolute atomic E-state index is 0.188. The van der Waals surface area contributed by atoms with Gasteiger partial charge >= 0.3 is 6.03 Å². The maximum Gasteiger partial charge on any atom is 0.319 e. The monoisotopic (exact) mass is 329 g/mol. The first-order chi connectivity index (χ1) is 12.2. The van der Waals surface area contributed by atoms with Gasteiger partial charge in [0.25, 0.3) is 0 Å². The van der Waals surface area contributed by atoms with Gasteiger partial charge in [-0.3, -0.25) is 0 Å². The van der Waals surface area contributed by atoms with Crippen molar-refractivity contribution in [2.24, 2.45) is 0 Å². The van der Waals surface area contributed by atoms with Crippen LogP contribution >= 0.6 is 0 Å². The lowest BCUT2D eigenvalue weighted by Gasteiger charge is -2.35. The maximum atomic E-state index is 12.5. The number of anilines is 3. The van der Waals surface area contributed by atoms with Crippen LogP contribution in [0.25, 0.3) is 0 Å². The summed E-state index contributed by atoms with van der Waals surface area (Å²) >= 11 is 0. The molecular formula is C21H19N3O. The second kappa shape index (κ2) is 6.32. The highest BCUT2D eigenvalue weighted by atomic mass is 16.2. The molecule has 4 heteroatoms. The number of nitrogens with zero attached hydrogens (tertiary/aromatic N) is 1. The van der Waals surface area contributed by atoms with Crippen LogP contribution in [-0.2, 0) is 0 Å². The van der Waals surface area contributed by atoms with E-state index in [1.165, 1.54) is 0 Å². The molecule has 0 atom stereocenters. The number of fused-ring (bicyclic) bond motifs is 2. The second-order valence-corrected chi connectivity index (χ2v) is 6.07. The van der Waals surface area contributed by atoms with Crippen molar-refractivity contribution in [2.75, 3.05) is 17.3 Å². The normalized spacial score (nSPS) is 12.9. The summed E-state index contributed by atoms with van der Waals surface area (Å²) in [7, 11) is 2.05. The standard InChI is InChI=1S/C21H19N3O/c1-24-18-13-7-5-11-16(18)20(17-12-6-8-14-19(17)24)23-21(25)22-15-9-3-2-4-10-15/h2-14,20H,1H3,(H2,22,23,25). The van der Waals surface area contributed by atoms with Crippen molar-refractivity contribution in [3.63, 3.8) is 0 Å². The van der Waals surface area contributed by atoms with Gasteiger partial charge in [0, 0.05) is 35.2 Å². The fourth-order valence-electron chi connectivity index (χ4n) is 3.35. The van der Waals surface area contributed by atoms with Crippen LogP contribution in [0.2, 0.25) is 0 Å². The molecule has 4 nitrogen and oxygen atoms in total. The molecule has 0 radical (unpaired) electrons. The average Bonchev–Trinajstić information content (AvgIpc) is 2.66. The van der Waals surface area contributed by atoms with Crippen molar-refractivity contribution in [2.45, 2.75) is 6.04 Å². The summed E-state index contributed by atoms with van der Waals surface area (Å²) in [5.74, 6) is 0. The molecule has 3 aromatic rings. The van der Waals surface area contributed by atoms with Gasteiger partial charge in [0.05, 0.1) is 6.04 Å². The Morgan fingerprint density at radius 3 is 1.92 bits per heavy atom. The Bertz CT molecular complexity index is 860. The molecule has 0 saturated heterocycles. The minimum atomic E-state index is -0.217.